The van der Waals surface area contributed by atoms with E-state index in [2.05, 4.69) is 26.9 Å². The van der Waals surface area contributed by atoms with E-state index in [-0.39, 0.29) is 49.5 Å². The Hall–Kier alpha value is -4.73. The zero-order valence-electron chi connectivity index (χ0n) is 25.2. The van der Waals surface area contributed by atoms with Crippen LogP contribution >= 0.6 is 0 Å². The van der Waals surface area contributed by atoms with Gasteiger partial charge in [0.25, 0.3) is 11.8 Å². The number of carboxylic acids is 2. The topological polar surface area (TPSA) is 165 Å². The number of hydrogen-bond donors (Lipinski definition) is 5. The van der Waals surface area contributed by atoms with Gasteiger partial charge in [-0.1, -0.05) is 18.7 Å². The molecule has 0 bridgehead atoms. The number of aliphatic carboxylic acids is 2. The Labute approximate surface area is 249 Å². The number of amides is 2. The number of aliphatic imine (C=N–C) groups is 1. The van der Waals surface area contributed by atoms with Gasteiger partial charge < -0.3 is 25.5 Å². The molecule has 43 heavy (non-hydrogen) atoms. The maximum Gasteiger partial charge on any atom is 0.303 e. The number of allylic oxidation sites excluding steroid dienone is 1. The highest BCUT2D eigenvalue weighted by Crippen LogP contribution is 2.27. The number of nitrogens with zero attached hydrogens (tertiary/aromatic N) is 1. The molecule has 4 rings (SSSR count). The molecule has 2 aliphatic rings. The van der Waals surface area contributed by atoms with Gasteiger partial charge >= 0.3 is 11.9 Å². The summed E-state index contributed by atoms with van der Waals surface area (Å²) in [7, 11) is 0. The summed E-state index contributed by atoms with van der Waals surface area (Å²) in [4.78, 5) is 58.8. The number of carboxylic acid groups (broad SMARTS) is 2. The van der Waals surface area contributed by atoms with E-state index in [1.807, 2.05) is 52.8 Å². The number of carbonyl (C=O) groups excluding carboxylic acids is 2. The molecule has 0 radical (unpaired) electrons. The minimum Gasteiger partial charge on any atom is -0.481 e. The van der Waals surface area contributed by atoms with Crippen LogP contribution in [0.3, 0.4) is 0 Å². The summed E-state index contributed by atoms with van der Waals surface area (Å²) in [6.45, 7) is 13.2. The normalized spacial score (nSPS) is 20.4. The lowest BCUT2D eigenvalue weighted by Crippen LogP contribution is -2.30. The van der Waals surface area contributed by atoms with Gasteiger partial charge in [0, 0.05) is 46.9 Å². The first-order chi connectivity index (χ1) is 20.4. The molecular weight excluding hydrogens is 548 g/mol. The Kier molecular flexibility index (Phi) is 9.18. The predicted octanol–water partition coefficient (Wildman–Crippen LogP) is 2.71. The van der Waals surface area contributed by atoms with Crippen LogP contribution in [0, 0.1) is 19.8 Å². The number of carbonyl (C=O) groups is 4. The van der Waals surface area contributed by atoms with Crippen molar-refractivity contribution >= 4 is 41.6 Å². The molecule has 10 nitrogen and oxygen atoms in total. The zero-order valence-corrected chi connectivity index (χ0v) is 25.2. The Morgan fingerprint density at radius 2 is 1.60 bits per heavy atom. The van der Waals surface area contributed by atoms with Gasteiger partial charge in [-0.3, -0.25) is 19.2 Å². The molecule has 2 atom stereocenters. The van der Waals surface area contributed by atoms with E-state index in [1.165, 1.54) is 0 Å². The quantitative estimate of drug-likeness (QED) is 0.272. The first kappa shape index (κ1) is 31.2. The Balaban J connectivity index is 1.86. The van der Waals surface area contributed by atoms with E-state index in [1.54, 1.807) is 6.08 Å². The molecule has 4 heterocycles. The van der Waals surface area contributed by atoms with Crippen molar-refractivity contribution in [3.8, 4) is 0 Å². The average molecular weight is 587 g/mol. The van der Waals surface area contributed by atoms with Gasteiger partial charge in [-0.05, 0) is 93.0 Å². The second-order valence-electron chi connectivity index (χ2n) is 11.1. The van der Waals surface area contributed by atoms with Crippen molar-refractivity contribution in [2.24, 2.45) is 10.9 Å². The lowest BCUT2D eigenvalue weighted by atomic mass is 9.98. The van der Waals surface area contributed by atoms with E-state index >= 15 is 0 Å². The standard InChI is InChI=1S/C33H38N4O6/c1-7-20-19(6)32(42)37-27(20)14-25-18(5)23(10-12-31(40)41)29(35-25)15-28-22(9-11-30(38)39)17(4)24(34-28)13-26-16(3)21(8-2)33(43)36-26/h7-8,14-15,19,26,34-35H,2,9-13H2,1,3-6H3,(H,36,43)(H,38,39)(H,40,41)/b20-7-,25-14?,29-15-. The molecule has 2 aromatic heterocycles. The van der Waals surface area contributed by atoms with Crippen LogP contribution in [-0.2, 0) is 38.4 Å². The Bertz CT molecular complexity index is 1750. The van der Waals surface area contributed by atoms with Crippen molar-refractivity contribution in [1.29, 1.82) is 0 Å². The van der Waals surface area contributed by atoms with Crippen molar-refractivity contribution in [3.63, 3.8) is 0 Å². The van der Waals surface area contributed by atoms with Crippen molar-refractivity contribution < 1.29 is 29.4 Å². The van der Waals surface area contributed by atoms with E-state index in [0.717, 1.165) is 39.1 Å². The van der Waals surface area contributed by atoms with Crippen LogP contribution in [0.5, 0.6) is 0 Å². The van der Waals surface area contributed by atoms with Gasteiger partial charge in [0.1, 0.15) is 0 Å². The highest BCUT2D eigenvalue weighted by Gasteiger charge is 2.29. The van der Waals surface area contributed by atoms with Crippen LogP contribution in [0.1, 0.15) is 67.3 Å². The third-order valence-electron chi connectivity index (χ3n) is 8.50. The largest absolute Gasteiger partial charge is 0.481 e. The zero-order chi connectivity index (χ0) is 31.6. The molecule has 0 aliphatic carbocycles. The lowest BCUT2D eigenvalue weighted by Gasteiger charge is -2.12. The maximum absolute atomic E-state index is 12.4. The van der Waals surface area contributed by atoms with Gasteiger partial charge in [-0.2, -0.15) is 0 Å². The molecule has 226 valence electrons. The number of H-pyrrole nitrogens is 2. The molecule has 0 fully saturated rings. The number of hydrogen-bond acceptors (Lipinski definition) is 4. The summed E-state index contributed by atoms with van der Waals surface area (Å²) in [6, 6.07) is -0.226. The van der Waals surface area contributed by atoms with E-state index in [0.29, 0.717) is 34.1 Å². The summed E-state index contributed by atoms with van der Waals surface area (Å²) in [5, 5.41) is 23.3. The molecule has 5 N–H and O–H groups in total. The maximum atomic E-state index is 12.4. The van der Waals surface area contributed by atoms with Gasteiger partial charge in [0.15, 0.2) is 0 Å². The Morgan fingerprint density at radius 3 is 2.19 bits per heavy atom. The first-order valence-corrected chi connectivity index (χ1v) is 14.3. The molecule has 2 unspecified atom stereocenters. The fourth-order valence-electron chi connectivity index (χ4n) is 5.90. The smallest absolute Gasteiger partial charge is 0.303 e. The molecule has 2 aromatic rings. The van der Waals surface area contributed by atoms with E-state index in [9.17, 15) is 29.4 Å². The van der Waals surface area contributed by atoms with Gasteiger partial charge in [0.05, 0.1) is 17.7 Å². The number of rotatable bonds is 11. The summed E-state index contributed by atoms with van der Waals surface area (Å²) in [5.74, 6) is -2.54. The van der Waals surface area contributed by atoms with E-state index < -0.39 is 11.9 Å². The average Bonchev–Trinajstić information content (AvgIpc) is 3.59. The molecule has 0 spiro atoms. The van der Waals surface area contributed by atoms with Crippen molar-refractivity contribution in [1.82, 2.24) is 15.3 Å². The second kappa shape index (κ2) is 12.6. The minimum atomic E-state index is -0.922. The molecule has 0 saturated heterocycles. The Morgan fingerprint density at radius 1 is 0.953 bits per heavy atom. The van der Waals surface area contributed by atoms with Crippen LogP contribution in [0.2, 0.25) is 0 Å². The molecule has 2 amide bonds. The first-order valence-electron chi connectivity index (χ1n) is 14.3. The van der Waals surface area contributed by atoms with E-state index in [4.69, 9.17) is 0 Å². The van der Waals surface area contributed by atoms with Crippen LogP contribution in [0.4, 0.5) is 0 Å². The summed E-state index contributed by atoms with van der Waals surface area (Å²) in [6.07, 6.45) is 8.05. The van der Waals surface area contributed by atoms with Gasteiger partial charge in [-0.25, -0.2) is 4.99 Å². The van der Waals surface area contributed by atoms with Crippen LogP contribution in [-0.4, -0.2) is 55.7 Å². The highest BCUT2D eigenvalue weighted by molar-refractivity contribution is 6.29. The fraction of sp³-hybridized carbons (Fsp3) is 0.364. The predicted molar refractivity (Wildman–Crippen MR) is 164 cm³/mol. The third-order valence-corrected chi connectivity index (χ3v) is 8.50. The fourth-order valence-corrected chi connectivity index (χ4v) is 5.90. The van der Waals surface area contributed by atoms with Crippen molar-refractivity contribution in [2.75, 3.05) is 0 Å². The monoisotopic (exact) mass is 586 g/mol. The van der Waals surface area contributed by atoms with Crippen LogP contribution < -0.4 is 16.0 Å². The summed E-state index contributed by atoms with van der Waals surface area (Å²) in [5.41, 5.74) is 7.85. The molecule has 0 saturated carbocycles. The summed E-state index contributed by atoms with van der Waals surface area (Å²) >= 11 is 0. The minimum absolute atomic E-state index is 0.0640. The number of aromatic nitrogens is 2. The van der Waals surface area contributed by atoms with Crippen LogP contribution in [0.15, 0.2) is 40.4 Å². The molecular formula is C33H38N4O6. The second-order valence-corrected chi connectivity index (χ2v) is 11.1. The van der Waals surface area contributed by atoms with Gasteiger partial charge in [-0.15, -0.1) is 0 Å². The molecule has 10 heteroatoms. The molecule has 2 aliphatic heterocycles. The highest BCUT2D eigenvalue weighted by atomic mass is 16.4. The number of aromatic amines is 2. The molecule has 0 aromatic carbocycles. The SMILES string of the molecule is C=CC1=C(C)C(Cc2[nH]c(/C=c3\[nH]c(=CC4=NC(=O)C(C)/C4=C/C)c(C)c3CCC(=O)O)c(CCC(=O)O)c2C)NC1=O. The summed E-state index contributed by atoms with van der Waals surface area (Å²) < 4.78 is 0. The van der Waals surface area contributed by atoms with Crippen LogP contribution in [0.25, 0.3) is 12.2 Å². The van der Waals surface area contributed by atoms with Crippen molar-refractivity contribution in [3.05, 3.63) is 79.8 Å². The van der Waals surface area contributed by atoms with Crippen molar-refractivity contribution in [2.45, 2.75) is 72.8 Å². The lowest BCUT2D eigenvalue weighted by molar-refractivity contribution is -0.138. The number of nitrogens with one attached hydrogen (secondary N) is 3. The van der Waals surface area contributed by atoms with Gasteiger partial charge in [0.2, 0.25) is 0 Å². The third kappa shape index (κ3) is 6.38.